The van der Waals surface area contributed by atoms with E-state index in [9.17, 15) is 9.59 Å². The maximum atomic E-state index is 11.5. The highest BCUT2D eigenvalue weighted by molar-refractivity contribution is 5.81. The molecule has 5 nitrogen and oxygen atoms in total. The molecule has 5 heteroatoms. The Balaban J connectivity index is 2.11. The van der Waals surface area contributed by atoms with Crippen molar-refractivity contribution in [2.45, 2.75) is 26.7 Å². The normalized spacial score (nSPS) is 15.8. The van der Waals surface area contributed by atoms with Crippen LogP contribution in [0.3, 0.4) is 0 Å². The smallest absolute Gasteiger partial charge is 0.309 e. The lowest BCUT2D eigenvalue weighted by Gasteiger charge is -2.26. The molecule has 0 unspecified atom stereocenters. The molecule has 1 aliphatic heterocycles. The standard InChI is InChI=1S/C15H20N2O3/c1-15(2,14(19)20)10-11-4-6-12(7-5-11)17-9-8-13(18)16(17)3/h4-7H,8-10H2,1-3H3,(H,19,20). The van der Waals surface area contributed by atoms with Crippen LogP contribution in [-0.2, 0) is 16.0 Å². The Kier molecular flexibility index (Phi) is 3.70. The number of carbonyl (C=O) groups is 2. The first-order valence-electron chi connectivity index (χ1n) is 6.67. The summed E-state index contributed by atoms with van der Waals surface area (Å²) in [6.07, 6.45) is 1.02. The number of hydrogen-bond acceptors (Lipinski definition) is 3. The van der Waals surface area contributed by atoms with Crippen LogP contribution < -0.4 is 5.01 Å². The zero-order valence-corrected chi connectivity index (χ0v) is 12.1. The van der Waals surface area contributed by atoms with Crippen LogP contribution >= 0.6 is 0 Å². The Hall–Kier alpha value is -2.04. The van der Waals surface area contributed by atoms with Crippen molar-refractivity contribution < 1.29 is 14.7 Å². The number of amides is 1. The predicted octanol–water partition coefficient (Wildman–Crippen LogP) is 1.92. The highest BCUT2D eigenvalue weighted by atomic mass is 16.4. The van der Waals surface area contributed by atoms with E-state index in [1.54, 1.807) is 25.9 Å². The van der Waals surface area contributed by atoms with Gasteiger partial charge in [0.25, 0.3) is 0 Å². The van der Waals surface area contributed by atoms with Gasteiger partial charge in [0.2, 0.25) is 5.91 Å². The second kappa shape index (κ2) is 5.15. The third-order valence-electron chi connectivity index (χ3n) is 3.72. The SMILES string of the molecule is CN1C(=O)CCN1c1ccc(CC(C)(C)C(=O)O)cc1. The van der Waals surface area contributed by atoms with Gasteiger partial charge in [-0.25, -0.2) is 0 Å². The Morgan fingerprint density at radius 1 is 1.30 bits per heavy atom. The fourth-order valence-corrected chi connectivity index (χ4v) is 2.32. The largest absolute Gasteiger partial charge is 0.481 e. The molecular formula is C15H20N2O3. The van der Waals surface area contributed by atoms with Gasteiger partial charge in [0.15, 0.2) is 0 Å². The molecule has 1 amide bonds. The molecule has 1 aliphatic rings. The van der Waals surface area contributed by atoms with Crippen molar-refractivity contribution in [1.82, 2.24) is 5.01 Å². The number of carboxylic acid groups (broad SMARTS) is 1. The second-order valence-electron chi connectivity index (χ2n) is 5.82. The minimum absolute atomic E-state index is 0.112. The molecule has 1 saturated heterocycles. The van der Waals surface area contributed by atoms with Gasteiger partial charge in [-0.1, -0.05) is 12.1 Å². The van der Waals surface area contributed by atoms with Crippen LogP contribution in [0.5, 0.6) is 0 Å². The molecule has 0 saturated carbocycles. The number of hydrazine groups is 1. The van der Waals surface area contributed by atoms with Crippen molar-refractivity contribution in [3.8, 4) is 0 Å². The molecule has 0 atom stereocenters. The van der Waals surface area contributed by atoms with E-state index in [2.05, 4.69) is 0 Å². The van der Waals surface area contributed by atoms with E-state index in [1.165, 1.54) is 0 Å². The monoisotopic (exact) mass is 276 g/mol. The predicted molar refractivity (Wildman–Crippen MR) is 76.3 cm³/mol. The number of carboxylic acids is 1. The van der Waals surface area contributed by atoms with Crippen molar-refractivity contribution in [3.05, 3.63) is 29.8 Å². The molecule has 1 aromatic carbocycles. The number of rotatable bonds is 4. The van der Waals surface area contributed by atoms with Gasteiger partial charge in [-0.3, -0.25) is 19.6 Å². The topological polar surface area (TPSA) is 60.9 Å². The van der Waals surface area contributed by atoms with E-state index < -0.39 is 11.4 Å². The average molecular weight is 276 g/mol. The lowest BCUT2D eigenvalue weighted by molar-refractivity contribution is -0.146. The summed E-state index contributed by atoms with van der Waals surface area (Å²) in [7, 11) is 1.76. The fraction of sp³-hybridized carbons (Fsp3) is 0.467. The van der Waals surface area contributed by atoms with E-state index in [-0.39, 0.29) is 5.91 Å². The van der Waals surface area contributed by atoms with Gasteiger partial charge in [-0.05, 0) is 38.0 Å². The zero-order chi connectivity index (χ0) is 14.9. The van der Waals surface area contributed by atoms with Gasteiger partial charge in [0.1, 0.15) is 0 Å². The van der Waals surface area contributed by atoms with Crippen LogP contribution in [0.25, 0.3) is 0 Å². The summed E-state index contributed by atoms with van der Waals surface area (Å²) in [6, 6.07) is 7.72. The van der Waals surface area contributed by atoms with Crippen LogP contribution in [0.4, 0.5) is 5.69 Å². The Morgan fingerprint density at radius 2 is 1.90 bits per heavy atom. The Morgan fingerprint density at radius 3 is 2.35 bits per heavy atom. The van der Waals surface area contributed by atoms with Crippen LogP contribution in [0.15, 0.2) is 24.3 Å². The number of nitrogens with zero attached hydrogens (tertiary/aromatic N) is 2. The van der Waals surface area contributed by atoms with E-state index >= 15 is 0 Å². The highest BCUT2D eigenvalue weighted by Gasteiger charge is 2.28. The number of benzene rings is 1. The third-order valence-corrected chi connectivity index (χ3v) is 3.72. The summed E-state index contributed by atoms with van der Waals surface area (Å²) < 4.78 is 0. The number of carbonyl (C=O) groups excluding carboxylic acids is 1. The minimum atomic E-state index is -0.800. The fourth-order valence-electron chi connectivity index (χ4n) is 2.32. The molecule has 2 rings (SSSR count). The summed E-state index contributed by atoms with van der Waals surface area (Å²) in [5, 5.41) is 12.7. The molecule has 0 aliphatic carbocycles. The maximum Gasteiger partial charge on any atom is 0.309 e. The van der Waals surface area contributed by atoms with Crippen LogP contribution in [0.2, 0.25) is 0 Å². The Bertz CT molecular complexity index is 522. The van der Waals surface area contributed by atoms with Crippen LogP contribution in [0.1, 0.15) is 25.8 Å². The van der Waals surface area contributed by atoms with Gasteiger partial charge < -0.3 is 5.11 Å². The molecule has 108 valence electrons. The van der Waals surface area contributed by atoms with Crippen molar-refractivity contribution in [3.63, 3.8) is 0 Å². The van der Waals surface area contributed by atoms with Gasteiger partial charge >= 0.3 is 5.97 Å². The van der Waals surface area contributed by atoms with E-state index in [0.29, 0.717) is 19.4 Å². The third kappa shape index (κ3) is 2.76. The lowest BCUT2D eigenvalue weighted by Crippen LogP contribution is -2.35. The first-order valence-corrected chi connectivity index (χ1v) is 6.67. The number of anilines is 1. The molecule has 0 aromatic heterocycles. The lowest BCUT2D eigenvalue weighted by atomic mass is 9.86. The van der Waals surface area contributed by atoms with Gasteiger partial charge in [-0.15, -0.1) is 0 Å². The Labute approximate surface area is 118 Å². The van der Waals surface area contributed by atoms with E-state index in [1.807, 2.05) is 29.3 Å². The number of aliphatic carboxylic acids is 1. The van der Waals surface area contributed by atoms with Crippen molar-refractivity contribution in [1.29, 1.82) is 0 Å². The van der Waals surface area contributed by atoms with Crippen molar-refractivity contribution >= 4 is 17.6 Å². The van der Waals surface area contributed by atoms with Gasteiger partial charge in [0, 0.05) is 20.0 Å². The number of hydrogen-bond donors (Lipinski definition) is 1. The maximum absolute atomic E-state index is 11.5. The minimum Gasteiger partial charge on any atom is -0.481 e. The first-order chi connectivity index (χ1) is 9.31. The average Bonchev–Trinajstić information content (AvgIpc) is 2.71. The molecule has 0 bridgehead atoms. The molecule has 20 heavy (non-hydrogen) atoms. The molecule has 1 heterocycles. The molecular weight excluding hydrogens is 256 g/mol. The summed E-state index contributed by atoms with van der Waals surface area (Å²) in [6.45, 7) is 4.13. The molecule has 0 radical (unpaired) electrons. The summed E-state index contributed by atoms with van der Waals surface area (Å²) in [4.78, 5) is 22.6. The summed E-state index contributed by atoms with van der Waals surface area (Å²) >= 11 is 0. The highest BCUT2D eigenvalue weighted by Crippen LogP contribution is 2.25. The van der Waals surface area contributed by atoms with E-state index in [0.717, 1.165) is 11.3 Å². The van der Waals surface area contributed by atoms with Crippen LogP contribution in [-0.4, -0.2) is 35.6 Å². The van der Waals surface area contributed by atoms with Gasteiger partial charge in [-0.2, -0.15) is 0 Å². The second-order valence-corrected chi connectivity index (χ2v) is 5.82. The molecule has 0 spiro atoms. The molecule has 1 fully saturated rings. The molecule has 1 N–H and O–H groups in total. The zero-order valence-electron chi connectivity index (χ0n) is 12.1. The van der Waals surface area contributed by atoms with Crippen LogP contribution in [0, 0.1) is 5.41 Å². The quantitative estimate of drug-likeness (QED) is 0.912. The van der Waals surface area contributed by atoms with E-state index in [4.69, 9.17) is 5.11 Å². The van der Waals surface area contributed by atoms with Crippen molar-refractivity contribution in [2.24, 2.45) is 5.41 Å². The van der Waals surface area contributed by atoms with Gasteiger partial charge in [0.05, 0.1) is 11.1 Å². The van der Waals surface area contributed by atoms with Crippen molar-refractivity contribution in [2.75, 3.05) is 18.6 Å². The first kappa shape index (κ1) is 14.4. The molecule has 1 aromatic rings. The summed E-state index contributed by atoms with van der Waals surface area (Å²) in [5.41, 5.74) is 1.16. The summed E-state index contributed by atoms with van der Waals surface area (Å²) in [5.74, 6) is -0.687.